The molecular formula is C13H17N3O8S2. The number of nitriles is 1. The fourth-order valence-electron chi connectivity index (χ4n) is 1.82. The summed E-state index contributed by atoms with van der Waals surface area (Å²) in [6, 6.07) is 12.6. The SMILES string of the molecule is N#CCCC(c1ccccc1)n1ccnc1.O=S(=O)(O)O.O=S(=O)(O)O. The van der Waals surface area contributed by atoms with Crippen LogP contribution < -0.4 is 0 Å². The average molecular weight is 407 g/mol. The maximum Gasteiger partial charge on any atom is 0.394 e. The Morgan fingerprint density at radius 2 is 1.54 bits per heavy atom. The molecule has 0 fully saturated rings. The Labute approximate surface area is 150 Å². The molecule has 11 nitrogen and oxygen atoms in total. The largest absolute Gasteiger partial charge is 0.394 e. The van der Waals surface area contributed by atoms with Gasteiger partial charge in [-0.05, 0) is 12.0 Å². The summed E-state index contributed by atoms with van der Waals surface area (Å²) in [5, 5.41) is 8.68. The molecule has 4 N–H and O–H groups in total. The van der Waals surface area contributed by atoms with Crippen molar-refractivity contribution in [3.63, 3.8) is 0 Å². The van der Waals surface area contributed by atoms with Crippen molar-refractivity contribution in [2.45, 2.75) is 18.9 Å². The molecule has 1 aromatic carbocycles. The van der Waals surface area contributed by atoms with Gasteiger partial charge in [-0.2, -0.15) is 22.1 Å². The van der Waals surface area contributed by atoms with Gasteiger partial charge in [0, 0.05) is 18.8 Å². The molecule has 1 unspecified atom stereocenters. The summed E-state index contributed by atoms with van der Waals surface area (Å²) >= 11 is 0. The smallest absolute Gasteiger partial charge is 0.330 e. The van der Waals surface area contributed by atoms with Crippen molar-refractivity contribution in [1.29, 1.82) is 5.26 Å². The third-order valence-electron chi connectivity index (χ3n) is 2.60. The average Bonchev–Trinajstić information content (AvgIpc) is 2.99. The molecule has 1 heterocycles. The Balaban J connectivity index is 0.000000520. The minimum absolute atomic E-state index is 0.211. The first-order valence-corrected chi connectivity index (χ1v) is 9.50. The summed E-state index contributed by atoms with van der Waals surface area (Å²) in [5.41, 5.74) is 1.22. The molecule has 144 valence electrons. The van der Waals surface area contributed by atoms with E-state index in [1.54, 1.807) is 12.5 Å². The number of nitrogens with zero attached hydrogens (tertiary/aromatic N) is 3. The Kier molecular flexibility index (Phi) is 10.3. The van der Waals surface area contributed by atoms with E-state index in [2.05, 4.69) is 23.2 Å². The van der Waals surface area contributed by atoms with Crippen LogP contribution in [0.4, 0.5) is 0 Å². The Morgan fingerprint density at radius 1 is 1.04 bits per heavy atom. The van der Waals surface area contributed by atoms with Gasteiger partial charge in [-0.1, -0.05) is 30.3 Å². The van der Waals surface area contributed by atoms with Crippen LogP contribution in [0.25, 0.3) is 0 Å². The van der Waals surface area contributed by atoms with Crippen molar-refractivity contribution in [2.24, 2.45) is 0 Å². The van der Waals surface area contributed by atoms with Gasteiger partial charge >= 0.3 is 20.8 Å². The predicted octanol–water partition coefficient (Wildman–Crippen LogP) is 1.47. The molecule has 0 saturated heterocycles. The summed E-state index contributed by atoms with van der Waals surface area (Å²) < 4.78 is 65.2. The van der Waals surface area contributed by atoms with Gasteiger partial charge in [0.05, 0.1) is 18.4 Å². The fourth-order valence-corrected chi connectivity index (χ4v) is 1.82. The third kappa shape index (κ3) is 15.2. The summed E-state index contributed by atoms with van der Waals surface area (Å²) in [4.78, 5) is 4.06. The van der Waals surface area contributed by atoms with Crippen LogP contribution in [0.15, 0.2) is 49.1 Å². The molecule has 0 aliphatic heterocycles. The van der Waals surface area contributed by atoms with E-state index >= 15 is 0 Å². The second-order valence-corrected chi connectivity index (χ2v) is 6.32. The first kappa shape index (κ1) is 23.7. The minimum atomic E-state index is -4.67. The highest BCUT2D eigenvalue weighted by Crippen LogP contribution is 2.22. The second-order valence-electron chi connectivity index (χ2n) is 4.53. The molecule has 26 heavy (non-hydrogen) atoms. The number of imidazole rings is 1. The van der Waals surface area contributed by atoms with E-state index in [9.17, 15) is 0 Å². The van der Waals surface area contributed by atoms with Crippen LogP contribution in [0.3, 0.4) is 0 Å². The van der Waals surface area contributed by atoms with E-state index < -0.39 is 20.8 Å². The molecule has 2 rings (SSSR count). The first-order chi connectivity index (χ1) is 11.9. The first-order valence-electron chi connectivity index (χ1n) is 6.71. The minimum Gasteiger partial charge on any atom is -0.330 e. The third-order valence-corrected chi connectivity index (χ3v) is 2.60. The summed E-state index contributed by atoms with van der Waals surface area (Å²) in [5.74, 6) is 0. The van der Waals surface area contributed by atoms with E-state index in [0.717, 1.165) is 6.42 Å². The highest BCUT2D eigenvalue weighted by molar-refractivity contribution is 7.80. The predicted molar refractivity (Wildman–Crippen MR) is 90.0 cm³/mol. The van der Waals surface area contributed by atoms with Gasteiger partial charge in [-0.25, -0.2) is 4.98 Å². The normalized spacial score (nSPS) is 11.8. The van der Waals surface area contributed by atoms with Crippen LogP contribution in [0, 0.1) is 11.3 Å². The highest BCUT2D eigenvalue weighted by Gasteiger charge is 2.11. The lowest BCUT2D eigenvalue weighted by Crippen LogP contribution is -2.08. The van der Waals surface area contributed by atoms with Crippen LogP contribution in [0.5, 0.6) is 0 Å². The Morgan fingerprint density at radius 3 is 1.92 bits per heavy atom. The lowest BCUT2D eigenvalue weighted by atomic mass is 10.0. The molecule has 0 bridgehead atoms. The second kappa shape index (κ2) is 11.3. The van der Waals surface area contributed by atoms with Crippen LogP contribution in [0.2, 0.25) is 0 Å². The standard InChI is InChI=1S/C13H13N3.2H2O4S/c14-8-4-7-13(16-10-9-15-11-16)12-5-2-1-3-6-12;2*1-5(2,3)4/h1-3,5-6,9-11,13H,4,7H2;2*(H2,1,2,3,4). The zero-order valence-electron chi connectivity index (χ0n) is 13.2. The fraction of sp³-hybridized carbons (Fsp3) is 0.231. The Hall–Kier alpha value is -2.34. The van der Waals surface area contributed by atoms with Gasteiger partial charge in [0.25, 0.3) is 0 Å². The molecule has 13 heteroatoms. The van der Waals surface area contributed by atoms with Crippen LogP contribution in [0.1, 0.15) is 24.4 Å². The lowest BCUT2D eigenvalue weighted by Gasteiger charge is -2.17. The number of benzene rings is 1. The van der Waals surface area contributed by atoms with Crippen molar-refractivity contribution < 1.29 is 35.0 Å². The van der Waals surface area contributed by atoms with Gasteiger partial charge < -0.3 is 4.57 Å². The van der Waals surface area contributed by atoms with Crippen molar-refractivity contribution in [3.8, 4) is 6.07 Å². The van der Waals surface area contributed by atoms with Crippen LogP contribution in [-0.2, 0) is 20.8 Å². The van der Waals surface area contributed by atoms with Crippen LogP contribution in [-0.4, -0.2) is 44.6 Å². The molecule has 0 radical (unpaired) electrons. The van der Waals surface area contributed by atoms with E-state index in [-0.39, 0.29) is 6.04 Å². The maximum absolute atomic E-state index is 8.74. The zero-order chi connectivity index (χ0) is 20.2. The number of hydrogen-bond acceptors (Lipinski definition) is 6. The van der Waals surface area contributed by atoms with Gasteiger partial charge in [-0.3, -0.25) is 18.2 Å². The van der Waals surface area contributed by atoms with Gasteiger partial charge in [-0.15, -0.1) is 0 Å². The van der Waals surface area contributed by atoms with E-state index in [1.807, 2.05) is 29.0 Å². The number of hydrogen-bond donors (Lipinski definition) is 4. The summed E-state index contributed by atoms with van der Waals surface area (Å²) in [6.07, 6.45) is 6.88. The van der Waals surface area contributed by atoms with Crippen molar-refractivity contribution >= 4 is 20.8 Å². The molecule has 0 aliphatic carbocycles. The van der Waals surface area contributed by atoms with Gasteiger partial charge in [0.2, 0.25) is 0 Å². The highest BCUT2D eigenvalue weighted by atomic mass is 32.3. The Bertz CT molecular complexity index is 829. The molecule has 2 aromatic rings. The molecular weight excluding hydrogens is 390 g/mol. The molecule has 0 spiro atoms. The van der Waals surface area contributed by atoms with Crippen molar-refractivity contribution in [3.05, 3.63) is 54.6 Å². The van der Waals surface area contributed by atoms with E-state index in [0.29, 0.717) is 6.42 Å². The van der Waals surface area contributed by atoms with Crippen molar-refractivity contribution in [2.75, 3.05) is 0 Å². The van der Waals surface area contributed by atoms with Crippen LogP contribution >= 0.6 is 0 Å². The van der Waals surface area contributed by atoms with E-state index in [4.69, 9.17) is 40.3 Å². The van der Waals surface area contributed by atoms with E-state index in [1.165, 1.54) is 5.56 Å². The molecule has 0 amide bonds. The quantitative estimate of drug-likeness (QED) is 0.539. The monoisotopic (exact) mass is 407 g/mol. The van der Waals surface area contributed by atoms with Crippen molar-refractivity contribution in [1.82, 2.24) is 9.55 Å². The maximum atomic E-state index is 8.74. The molecule has 1 aromatic heterocycles. The zero-order valence-corrected chi connectivity index (χ0v) is 14.8. The molecule has 0 saturated carbocycles. The van der Waals surface area contributed by atoms with Gasteiger partial charge in [0.1, 0.15) is 0 Å². The lowest BCUT2D eigenvalue weighted by molar-refractivity contribution is 0.378. The number of rotatable bonds is 4. The molecule has 0 aliphatic rings. The summed E-state index contributed by atoms with van der Waals surface area (Å²) in [7, 11) is -9.33. The van der Waals surface area contributed by atoms with Gasteiger partial charge in [0.15, 0.2) is 0 Å². The number of aromatic nitrogens is 2. The topological polar surface area (TPSA) is 191 Å². The summed E-state index contributed by atoms with van der Waals surface area (Å²) in [6.45, 7) is 0. The molecule has 1 atom stereocenters.